The molecule has 0 amide bonds. The summed E-state index contributed by atoms with van der Waals surface area (Å²) in [6.07, 6.45) is -27.3. The van der Waals surface area contributed by atoms with Gasteiger partial charge in [0, 0.05) is 39.7 Å². The highest BCUT2D eigenvalue weighted by Gasteiger charge is 2.54. The van der Waals surface area contributed by atoms with E-state index in [4.69, 9.17) is 78.8 Å². The second-order valence-corrected chi connectivity index (χ2v) is 43.9. The Balaban J connectivity index is 0.000000236. The Kier molecular flexibility index (Phi) is 43.3. The number of ether oxygens (including phenoxy) is 6. The molecule has 840 valence electrons. The maximum atomic E-state index is 12.2. The predicted octanol–water partition coefficient (Wildman–Crippen LogP) is -14.8. The van der Waals surface area contributed by atoms with Crippen molar-refractivity contribution in [2.24, 2.45) is 0 Å². The molecule has 0 spiro atoms. The molecule has 79 nitrogen and oxygen atoms in total. The summed E-state index contributed by atoms with van der Waals surface area (Å²) in [5.41, 5.74) is 17.7. The van der Waals surface area contributed by atoms with Crippen molar-refractivity contribution in [3.63, 3.8) is 0 Å². The van der Waals surface area contributed by atoms with Crippen LogP contribution in [0.3, 0.4) is 0 Å². The molecule has 0 saturated carbocycles. The minimum Gasteiger partial charge on any atom is -0.756 e. The van der Waals surface area contributed by atoms with Crippen LogP contribution in [0.2, 0.25) is 0 Å². The molecule has 35 atom stereocenters. The molecule has 0 bridgehead atoms. The molecule has 17 unspecified atom stereocenters. The van der Waals surface area contributed by atoms with Crippen LogP contribution in [0.5, 0.6) is 0 Å². The van der Waals surface area contributed by atoms with Crippen molar-refractivity contribution >= 4 is 142 Å². The molecule has 91 heteroatoms. The van der Waals surface area contributed by atoms with Gasteiger partial charge in [-0.15, -0.1) is 18.5 Å². The lowest BCUT2D eigenvalue weighted by Gasteiger charge is -2.33. The summed E-state index contributed by atoms with van der Waals surface area (Å²) < 4.78 is 206. The number of aliphatic hydroxyl groups excluding tert-OH is 13. The zero-order chi connectivity index (χ0) is 114. The quantitative estimate of drug-likeness (QED) is 0.0167. The topological polar surface area (TPSA) is 1240 Å². The van der Waals surface area contributed by atoms with Crippen molar-refractivity contribution in [2.45, 2.75) is 147 Å². The van der Waals surface area contributed by atoms with Crippen LogP contribution in [0.25, 0.3) is 22.3 Å². The first-order valence-corrected chi connectivity index (χ1v) is 56.0. The third-order valence-corrected chi connectivity index (χ3v) is 31.4. The van der Waals surface area contributed by atoms with E-state index in [9.17, 15) is 180 Å². The van der Waals surface area contributed by atoms with Gasteiger partial charge in [0.15, 0.2) is 60.3 Å². The van der Waals surface area contributed by atoms with Crippen LogP contribution in [0, 0.1) is 0 Å². The van der Waals surface area contributed by atoms with Crippen molar-refractivity contribution < 1.29 is 255 Å². The standard InChI is InChI=1S/C18H26N4O23P4.C10H14N5O7P.C10H13N5O4.C9H16N3O14P3.C9H15N3O11P2.2CH5P/c23-9-1-3-21(17(29)19-9)15-13(27)11(25)7(41-15)5-39-46(31,32)43-48(35,36)45-49(37,38)44-47(33,34)40-6-8-12(26)14(28)16(42-8)22-4-2-10(24)20-18(22)30;11-8-5-9(13-2-12-8)15(3-14-5)10-7(17)6(16)4(22-10)1-21-23(18,19)20;11-8-5-9(13-2-12-8)15(3-14-5)10-7(18)6(17)4(1-16)19-10;10-5-1-2-12(9(15)11-5)8-7(14)6(13)4(24-8)3-23-28(19,20)26-29(21,22)25-27(16,17)18;10-5-1-2-12(9(15)11-5)8-7(14)6(13)4(22-8)3-21-25(19,20)23-24(16,17)18;2*1-2/h1-4,7-8,11-16,25-28H,5-6H2,(H,31,32)(H,33,34)(H,35,36)(H,37,38)(H,19,23,29)(H,20,24,30);2-4,6-7,10,16-17H,1H2,(H2,11,12,13)(H2,18,19,20);2-4,6-7,10,16-18H,1H2,(H2,11,12,13);1-2,4,6-8,13-14H,3H2,(H,19,20)(H,21,22)(H2,10,11,15)(H2,16,17,18);1-2,4,6-8,13-14H,3H2,(H,19,20)(H2,10,11,15)(H2,16,17,18);2*2H2,1H3/p-5/t7-,8-,11?,12?,13+,14?,15-,16-;4-,6?,7+,10-;4-,6-,7-,10-;2*4-,6?,7+,8-;;/m11111../s1/i;;;;;1T;1D. The van der Waals surface area contributed by atoms with Crippen LogP contribution in [0.15, 0.2) is 103 Å². The average molecular weight is 2390 g/mol. The maximum Gasteiger partial charge on any atom is 0.490 e. The number of phosphoric ester groups is 5. The number of H-pyrrole nitrogens is 2. The summed E-state index contributed by atoms with van der Waals surface area (Å²) >= 11 is 0. The summed E-state index contributed by atoms with van der Waals surface area (Å²) in [5.74, 6) is 0.127. The zero-order valence-electron chi connectivity index (χ0n) is 75.5. The molecule has 0 aromatic carbocycles. The number of imidazole rings is 2. The molecular formula is C58H89N20O59P12-5. The highest BCUT2D eigenvalue weighted by molar-refractivity contribution is 7.69. The molecule has 0 radical (unpaired) electrons. The SMILES string of the molecule is Nc1ccn([C@@H]2O[C@H](COP(=O)([O-])OP(=O)([O-])O)C(O)[C@@H]2O)c(=O)n1.Nc1ccn([C@@H]2O[C@H](COP(=O)([O-])OP(=O)([O-])OP(=O)([O-])O)C(O)[C@@H]2O)c(=O)n1.Nc1ncnc2c1ncn2[C@@H]1O[C@H](CO)[C@@H](O)[C@H]1O.Nc1ncnc2c1ncn2[C@@H]1O[C@H](COP(=O)(O)O)C(O)[C@@H]1O.O=c1ccn([C@@H]2O[C@H](COP(=O)(O)OP(=O)(O)OP(=O)(O)OP(=O)(O)OC[C@H]3O[C@@H](n4ccc(=O)[nH]c4=O)[C@@H](O)C3O)C(O)C2O)c(=O)[nH]1.[2H]CP.[3H]CP. The molecule has 6 fully saturated rings. The van der Waals surface area contributed by atoms with Crippen LogP contribution in [-0.4, -0.2) is 346 Å². The molecule has 6 saturated heterocycles. The molecule has 149 heavy (non-hydrogen) atoms. The van der Waals surface area contributed by atoms with Crippen molar-refractivity contribution in [2.75, 3.05) is 75.9 Å². The van der Waals surface area contributed by atoms with Gasteiger partial charge in [0.05, 0.1) is 52.3 Å². The molecule has 14 rings (SSSR count). The number of aromatic nitrogens is 16. The number of anilines is 4. The third-order valence-electron chi connectivity index (χ3n) is 19.3. The number of phosphoric acid groups is 10. The Bertz CT molecular complexity index is 6750. The number of hydrogen-bond donors (Lipinski definition) is 27. The highest BCUT2D eigenvalue weighted by Crippen LogP contribution is 2.72. The number of hydrogen-bond acceptors (Lipinski definition) is 63. The fourth-order valence-electron chi connectivity index (χ4n) is 12.9. The number of fused-ring (bicyclic) bond motifs is 2. The largest absolute Gasteiger partial charge is 0.756 e. The van der Waals surface area contributed by atoms with E-state index < -0.39 is 299 Å². The number of nitrogen functional groups attached to an aromatic ring is 4. The Hall–Kier alpha value is -7.14. The van der Waals surface area contributed by atoms with Gasteiger partial charge in [-0.1, -0.05) is 13.3 Å². The van der Waals surface area contributed by atoms with Crippen molar-refractivity contribution in [3.8, 4) is 0 Å². The monoisotopic (exact) mass is 2380 g/mol. The Labute approximate surface area is 831 Å². The van der Waals surface area contributed by atoms with E-state index in [0.717, 1.165) is 46.1 Å². The molecule has 0 aliphatic carbocycles. The fraction of sp³-hybridized carbons (Fsp3) is 0.552. The third kappa shape index (κ3) is 34.9. The molecule has 31 N–H and O–H groups in total. The molecule has 6 aliphatic rings. The van der Waals surface area contributed by atoms with E-state index in [-0.39, 0.29) is 28.9 Å². The molecule has 6 aliphatic heterocycles. The first-order valence-electron chi connectivity index (χ1n) is 40.9. The van der Waals surface area contributed by atoms with Gasteiger partial charge in [-0.05, 0) is 12.1 Å². The maximum absolute atomic E-state index is 12.2. The second-order valence-electron chi connectivity index (χ2n) is 29.4. The van der Waals surface area contributed by atoms with Crippen LogP contribution < -0.4 is 81.3 Å². The summed E-state index contributed by atoms with van der Waals surface area (Å²) in [6.45, 7) is -4.67. The Morgan fingerprint density at radius 2 is 0.651 bits per heavy atom. The minimum absolute atomic E-state index is 0.0929. The van der Waals surface area contributed by atoms with Crippen molar-refractivity contribution in [1.82, 2.24) is 77.2 Å². The van der Waals surface area contributed by atoms with Crippen LogP contribution in [-0.2, 0) is 123 Å². The number of nitrogens with two attached hydrogens (primary N) is 4. The number of rotatable bonds is 34. The van der Waals surface area contributed by atoms with Crippen molar-refractivity contribution in [3.05, 3.63) is 137 Å². The Morgan fingerprint density at radius 3 is 0.946 bits per heavy atom. The van der Waals surface area contributed by atoms with Gasteiger partial charge in [-0.2, -0.15) is 22.9 Å². The van der Waals surface area contributed by atoms with Crippen molar-refractivity contribution in [1.29, 1.82) is 0 Å². The number of aromatic amines is 2. The van der Waals surface area contributed by atoms with E-state index in [1.54, 1.807) is 0 Å². The van der Waals surface area contributed by atoms with Crippen LogP contribution in [0.4, 0.5) is 23.3 Å². The number of nitrogens with one attached hydrogen (secondary N) is 2. The first kappa shape index (κ1) is 124. The van der Waals surface area contributed by atoms with Gasteiger partial charge in [0.2, 0.25) is 0 Å². The van der Waals surface area contributed by atoms with E-state index in [1.807, 2.05) is 9.97 Å². The first-order chi connectivity index (χ1) is 69.7. The predicted molar refractivity (Wildman–Crippen MR) is 472 cm³/mol. The van der Waals surface area contributed by atoms with Gasteiger partial charge >= 0.3 is 61.9 Å². The molecule has 14 heterocycles. The van der Waals surface area contributed by atoms with Gasteiger partial charge < -0.3 is 190 Å². The fourth-order valence-corrected chi connectivity index (χ4v) is 22.7. The lowest BCUT2D eigenvalue weighted by Crippen LogP contribution is -2.37. The van der Waals surface area contributed by atoms with E-state index >= 15 is 0 Å². The summed E-state index contributed by atoms with van der Waals surface area (Å²) in [5, 5.41) is 129. The second kappa shape index (κ2) is 52.1. The normalized spacial score (nSPS) is 30.5. The minimum atomic E-state index is -6.24. The summed E-state index contributed by atoms with van der Waals surface area (Å²) in [4.78, 5) is 232. The van der Waals surface area contributed by atoms with E-state index in [1.165, 1.54) is 46.6 Å². The molecular weight excluding hydrogens is 2290 g/mol. The lowest BCUT2D eigenvalue weighted by atomic mass is 10.1. The van der Waals surface area contributed by atoms with Gasteiger partial charge in [-0.25, -0.2) is 84.8 Å². The van der Waals surface area contributed by atoms with Crippen LogP contribution in [0.1, 0.15) is 40.1 Å². The summed E-state index contributed by atoms with van der Waals surface area (Å²) in [6, 6.07) is 4.13. The molecule has 8 aromatic heterocycles. The van der Waals surface area contributed by atoms with Gasteiger partial charge in [0.1, 0.15) is 145 Å². The smallest absolute Gasteiger partial charge is 0.490 e. The average Bonchev–Trinajstić information content (AvgIpc) is 1.61. The lowest BCUT2D eigenvalue weighted by molar-refractivity contribution is -0.251. The summed E-state index contributed by atoms with van der Waals surface area (Å²) in [7, 11) is -53.2. The van der Waals surface area contributed by atoms with E-state index in [0.29, 0.717) is 39.1 Å². The zero-order valence-corrected chi connectivity index (χ0v) is 84.8. The van der Waals surface area contributed by atoms with Gasteiger partial charge in [-0.3, -0.25) is 83.4 Å². The van der Waals surface area contributed by atoms with Gasteiger partial charge in [0.25, 0.3) is 50.2 Å². The van der Waals surface area contributed by atoms with Crippen LogP contribution >= 0.6 is 96.7 Å². The molecule has 8 aromatic rings. The number of nitrogens with zero attached hydrogens (tertiary/aromatic N) is 14. The highest BCUT2D eigenvalue weighted by atomic mass is 31.3. The Morgan fingerprint density at radius 1 is 0.383 bits per heavy atom. The number of aliphatic hydroxyl groups is 13. The van der Waals surface area contributed by atoms with E-state index in [2.05, 4.69) is 107 Å².